The lowest BCUT2D eigenvalue weighted by Crippen LogP contribution is -2.45. The summed E-state index contributed by atoms with van der Waals surface area (Å²) in [5.41, 5.74) is 5.38. The number of hydrogen-bond donors (Lipinski definition) is 4. The van der Waals surface area contributed by atoms with E-state index in [4.69, 9.17) is 14.8 Å². The molecule has 8 nitrogen and oxygen atoms in total. The van der Waals surface area contributed by atoms with Crippen LogP contribution in [0, 0.1) is 0 Å². The van der Waals surface area contributed by atoms with Gasteiger partial charge in [-0.2, -0.15) is 0 Å². The fraction of sp³-hybridized carbons (Fsp3) is 0.857. The molecule has 0 bridgehead atoms. The fourth-order valence-electron chi connectivity index (χ4n) is 7.22. The second-order valence-corrected chi connectivity index (χ2v) is 18.1. The van der Waals surface area contributed by atoms with Gasteiger partial charge in [-0.15, -0.1) is 0 Å². The van der Waals surface area contributed by atoms with Gasteiger partial charge in [-0.05, 0) is 44.9 Å². The summed E-state index contributed by atoms with van der Waals surface area (Å²) in [5, 5.41) is 13.7. The summed E-state index contributed by atoms with van der Waals surface area (Å²) in [6.45, 7) is 4.13. The summed E-state index contributed by atoms with van der Waals surface area (Å²) in [7, 11) is -4.35. The first kappa shape index (κ1) is 56.7. The molecule has 3 atom stereocenters. The highest BCUT2D eigenvalue weighted by Crippen LogP contribution is 2.43. The van der Waals surface area contributed by atoms with Crippen LogP contribution in [0.4, 0.5) is 0 Å². The standard InChI is InChI=1S/C49H95N2O6P/c1-3-5-7-9-11-13-15-17-19-21-23-24-25-26-28-30-32-34-36-38-40-42-48(52)47(46-57-58(54,55)56-45-44-50)51-49(53)43-41-39-37-35-33-31-29-27-22-20-18-16-14-12-10-8-6-4-2/h25-26,32,34,40,42,47-48,52H,3-24,27-31,33,35-39,41,43-46,50H2,1-2H3,(H,51,53)(H,54,55)/b26-25+,34-32+,42-40+. The van der Waals surface area contributed by atoms with Crippen molar-refractivity contribution in [3.63, 3.8) is 0 Å². The van der Waals surface area contributed by atoms with Crippen LogP contribution < -0.4 is 11.1 Å². The van der Waals surface area contributed by atoms with Crippen LogP contribution in [0.25, 0.3) is 0 Å². The molecule has 9 heteroatoms. The third-order valence-electron chi connectivity index (χ3n) is 10.9. The zero-order valence-corrected chi connectivity index (χ0v) is 38.9. The van der Waals surface area contributed by atoms with Gasteiger partial charge in [0.15, 0.2) is 0 Å². The molecule has 0 spiro atoms. The van der Waals surface area contributed by atoms with Crippen LogP contribution in [0.2, 0.25) is 0 Å². The van der Waals surface area contributed by atoms with Gasteiger partial charge in [0.2, 0.25) is 5.91 Å². The Kier molecular flexibility index (Phi) is 44.3. The van der Waals surface area contributed by atoms with Gasteiger partial charge in [0.1, 0.15) is 0 Å². The molecule has 58 heavy (non-hydrogen) atoms. The van der Waals surface area contributed by atoms with Crippen molar-refractivity contribution in [2.24, 2.45) is 5.73 Å². The van der Waals surface area contributed by atoms with Gasteiger partial charge in [-0.25, -0.2) is 4.57 Å². The van der Waals surface area contributed by atoms with Crippen molar-refractivity contribution in [1.82, 2.24) is 5.32 Å². The molecule has 0 aromatic carbocycles. The average molecular weight is 839 g/mol. The number of nitrogens with two attached hydrogens (primary N) is 1. The van der Waals surface area contributed by atoms with Crippen molar-refractivity contribution < 1.29 is 28.4 Å². The number of phosphoric ester groups is 1. The first-order valence-electron chi connectivity index (χ1n) is 24.6. The third-order valence-corrected chi connectivity index (χ3v) is 11.9. The number of rotatable bonds is 46. The number of carbonyl (C=O) groups excluding carboxylic acids is 1. The number of amides is 1. The van der Waals surface area contributed by atoms with Gasteiger partial charge in [0.25, 0.3) is 0 Å². The monoisotopic (exact) mass is 839 g/mol. The van der Waals surface area contributed by atoms with Crippen LogP contribution in [-0.2, 0) is 18.4 Å². The third kappa shape index (κ3) is 42.8. The van der Waals surface area contributed by atoms with E-state index >= 15 is 0 Å². The summed E-state index contributed by atoms with van der Waals surface area (Å²) >= 11 is 0. The second-order valence-electron chi connectivity index (χ2n) is 16.7. The zero-order chi connectivity index (χ0) is 42.5. The molecule has 0 aromatic rings. The second kappa shape index (κ2) is 45.3. The Labute approximate surface area is 359 Å². The van der Waals surface area contributed by atoms with Crippen LogP contribution in [0.15, 0.2) is 36.5 Å². The molecule has 0 heterocycles. The van der Waals surface area contributed by atoms with Gasteiger partial charge in [-0.1, -0.05) is 224 Å². The van der Waals surface area contributed by atoms with Gasteiger partial charge in [-0.3, -0.25) is 13.8 Å². The normalized spacial score (nSPS) is 14.2. The maximum atomic E-state index is 12.8. The lowest BCUT2D eigenvalue weighted by molar-refractivity contribution is -0.123. The van der Waals surface area contributed by atoms with E-state index in [1.165, 1.54) is 173 Å². The minimum Gasteiger partial charge on any atom is -0.387 e. The molecule has 0 aliphatic carbocycles. The Bertz CT molecular complexity index is 1010. The van der Waals surface area contributed by atoms with E-state index in [1.807, 2.05) is 6.08 Å². The lowest BCUT2D eigenvalue weighted by atomic mass is 10.0. The summed E-state index contributed by atoms with van der Waals surface area (Å²) in [5.74, 6) is -0.205. The molecule has 342 valence electrons. The summed E-state index contributed by atoms with van der Waals surface area (Å²) in [6, 6.07) is -0.881. The van der Waals surface area contributed by atoms with Crippen LogP contribution in [0.5, 0.6) is 0 Å². The van der Waals surface area contributed by atoms with E-state index in [1.54, 1.807) is 6.08 Å². The fourth-order valence-corrected chi connectivity index (χ4v) is 7.98. The van der Waals surface area contributed by atoms with Gasteiger partial charge >= 0.3 is 7.82 Å². The first-order chi connectivity index (χ1) is 28.4. The lowest BCUT2D eigenvalue weighted by Gasteiger charge is -2.23. The van der Waals surface area contributed by atoms with Crippen molar-refractivity contribution >= 4 is 13.7 Å². The zero-order valence-electron chi connectivity index (χ0n) is 38.0. The van der Waals surface area contributed by atoms with E-state index < -0.39 is 20.0 Å². The van der Waals surface area contributed by atoms with E-state index in [2.05, 4.69) is 43.5 Å². The molecular formula is C49H95N2O6P. The van der Waals surface area contributed by atoms with Crippen molar-refractivity contribution in [1.29, 1.82) is 0 Å². The molecule has 0 aliphatic rings. The Morgan fingerprint density at radius 1 is 0.552 bits per heavy atom. The quantitative estimate of drug-likeness (QED) is 0.0273. The highest BCUT2D eigenvalue weighted by atomic mass is 31.2. The van der Waals surface area contributed by atoms with E-state index in [9.17, 15) is 19.4 Å². The highest BCUT2D eigenvalue weighted by Gasteiger charge is 2.26. The topological polar surface area (TPSA) is 131 Å². The molecular weight excluding hydrogens is 744 g/mol. The molecule has 0 rings (SSSR count). The maximum absolute atomic E-state index is 12.8. The number of unbranched alkanes of at least 4 members (excludes halogenated alkanes) is 30. The maximum Gasteiger partial charge on any atom is 0.472 e. The van der Waals surface area contributed by atoms with Crippen molar-refractivity contribution in [3.05, 3.63) is 36.5 Å². The largest absolute Gasteiger partial charge is 0.472 e. The van der Waals surface area contributed by atoms with Gasteiger partial charge in [0, 0.05) is 13.0 Å². The number of allylic oxidation sites excluding steroid dienone is 5. The molecule has 0 aliphatic heterocycles. The van der Waals surface area contributed by atoms with Crippen LogP contribution in [0.3, 0.4) is 0 Å². The molecule has 0 saturated carbocycles. The highest BCUT2D eigenvalue weighted by molar-refractivity contribution is 7.47. The Morgan fingerprint density at radius 2 is 0.914 bits per heavy atom. The number of aliphatic hydroxyl groups is 1. The van der Waals surface area contributed by atoms with Gasteiger partial charge < -0.3 is 21.1 Å². The van der Waals surface area contributed by atoms with Crippen LogP contribution in [0.1, 0.15) is 239 Å². The Hall–Kier alpha value is -1.28. The number of hydrogen-bond acceptors (Lipinski definition) is 6. The summed E-state index contributed by atoms with van der Waals surface area (Å²) in [6.07, 6.45) is 54.9. The van der Waals surface area contributed by atoms with Crippen molar-refractivity contribution in [3.8, 4) is 0 Å². The minimum atomic E-state index is -4.35. The minimum absolute atomic E-state index is 0.0729. The van der Waals surface area contributed by atoms with Crippen LogP contribution >= 0.6 is 7.82 Å². The smallest absolute Gasteiger partial charge is 0.387 e. The number of carbonyl (C=O) groups is 1. The predicted molar refractivity (Wildman–Crippen MR) is 249 cm³/mol. The molecule has 0 radical (unpaired) electrons. The van der Waals surface area contributed by atoms with E-state index in [0.717, 1.165) is 44.9 Å². The Balaban J connectivity index is 4.19. The SMILES string of the molecule is CCCCCCCCCCCCC/C=C/CC/C=C/CC/C=C/C(O)C(COP(=O)(O)OCCN)NC(=O)CCCCCCCCCCCCCCCCCCCC. The van der Waals surface area contributed by atoms with Gasteiger partial charge in [0.05, 0.1) is 25.4 Å². The first-order valence-corrected chi connectivity index (χ1v) is 26.1. The van der Waals surface area contributed by atoms with Crippen molar-refractivity contribution in [2.45, 2.75) is 251 Å². The molecule has 5 N–H and O–H groups in total. The molecule has 3 unspecified atom stereocenters. The number of phosphoric acid groups is 1. The number of nitrogens with one attached hydrogen (secondary N) is 1. The average Bonchev–Trinajstić information content (AvgIpc) is 3.21. The van der Waals surface area contributed by atoms with Crippen LogP contribution in [-0.4, -0.2) is 47.8 Å². The number of aliphatic hydroxyl groups excluding tert-OH is 1. The summed E-state index contributed by atoms with van der Waals surface area (Å²) in [4.78, 5) is 22.8. The van der Waals surface area contributed by atoms with Crippen molar-refractivity contribution in [2.75, 3.05) is 19.8 Å². The molecule has 0 aromatic heterocycles. The Morgan fingerprint density at radius 3 is 1.33 bits per heavy atom. The predicted octanol–water partition coefficient (Wildman–Crippen LogP) is 14.3. The summed E-state index contributed by atoms with van der Waals surface area (Å²) < 4.78 is 22.2. The van der Waals surface area contributed by atoms with E-state index in [0.29, 0.717) is 6.42 Å². The molecule has 0 saturated heterocycles. The van der Waals surface area contributed by atoms with E-state index in [-0.39, 0.29) is 25.7 Å². The molecule has 0 fully saturated rings. The molecule has 1 amide bonds.